The molecule has 1 amide bonds. The summed E-state index contributed by atoms with van der Waals surface area (Å²) in [5, 5.41) is 5.96. The maximum atomic E-state index is 11.6. The number of amides is 1. The van der Waals surface area contributed by atoms with Gasteiger partial charge in [-0.3, -0.25) is 4.79 Å². The third-order valence-corrected chi connectivity index (χ3v) is 2.65. The molecular formula is C11H14N2O. The monoisotopic (exact) mass is 190 g/mol. The van der Waals surface area contributed by atoms with Gasteiger partial charge >= 0.3 is 0 Å². The summed E-state index contributed by atoms with van der Waals surface area (Å²) < 4.78 is 0. The summed E-state index contributed by atoms with van der Waals surface area (Å²) in [7, 11) is 1.86. The maximum Gasteiger partial charge on any atom is 0.233 e. The van der Waals surface area contributed by atoms with Gasteiger partial charge in [0.2, 0.25) is 5.91 Å². The number of likely N-dealkylation sites (N-methyl/N-ethyl adjacent to an activating group) is 1. The van der Waals surface area contributed by atoms with E-state index in [0.29, 0.717) is 6.54 Å². The van der Waals surface area contributed by atoms with Crippen LogP contribution in [-0.4, -0.2) is 19.5 Å². The van der Waals surface area contributed by atoms with E-state index in [4.69, 9.17) is 0 Å². The normalized spacial score (nSPS) is 19.3. The minimum Gasteiger partial charge on any atom is -0.325 e. The summed E-state index contributed by atoms with van der Waals surface area (Å²) in [6.07, 6.45) is 0. The van der Waals surface area contributed by atoms with Crippen molar-refractivity contribution < 1.29 is 4.79 Å². The van der Waals surface area contributed by atoms with Gasteiger partial charge in [-0.05, 0) is 25.1 Å². The van der Waals surface area contributed by atoms with Crippen LogP contribution in [0, 0.1) is 6.92 Å². The summed E-state index contributed by atoms with van der Waals surface area (Å²) in [6, 6.07) is 6.03. The second-order valence-electron chi connectivity index (χ2n) is 3.64. The Morgan fingerprint density at radius 1 is 1.50 bits per heavy atom. The first-order valence-electron chi connectivity index (χ1n) is 4.79. The standard InChI is InChI=1S/C11H14N2O/c1-7-4-3-5-8-9(6-12-2)11(14)13-10(7)8/h3-5,9,12H,6H2,1-2H3,(H,13,14). The Morgan fingerprint density at radius 2 is 2.29 bits per heavy atom. The minimum atomic E-state index is -0.0325. The van der Waals surface area contributed by atoms with Crippen molar-refractivity contribution in [1.29, 1.82) is 0 Å². The number of nitrogens with one attached hydrogen (secondary N) is 2. The van der Waals surface area contributed by atoms with E-state index in [9.17, 15) is 4.79 Å². The molecule has 3 nitrogen and oxygen atoms in total. The third kappa shape index (κ3) is 1.30. The zero-order valence-electron chi connectivity index (χ0n) is 8.42. The van der Waals surface area contributed by atoms with E-state index in [1.165, 1.54) is 0 Å². The second kappa shape index (κ2) is 3.42. The van der Waals surface area contributed by atoms with Crippen molar-refractivity contribution in [1.82, 2.24) is 5.32 Å². The van der Waals surface area contributed by atoms with Gasteiger partial charge in [0.25, 0.3) is 0 Å². The summed E-state index contributed by atoms with van der Waals surface area (Å²) in [5.74, 6) is 0.0681. The van der Waals surface area contributed by atoms with Crippen LogP contribution >= 0.6 is 0 Å². The fraction of sp³-hybridized carbons (Fsp3) is 0.364. The number of carbonyl (C=O) groups excluding carboxylic acids is 1. The Kier molecular flexibility index (Phi) is 2.25. The first-order valence-corrected chi connectivity index (χ1v) is 4.79. The zero-order chi connectivity index (χ0) is 10.1. The van der Waals surface area contributed by atoms with Crippen LogP contribution in [0.5, 0.6) is 0 Å². The van der Waals surface area contributed by atoms with Crippen molar-refractivity contribution in [2.24, 2.45) is 0 Å². The van der Waals surface area contributed by atoms with Crippen molar-refractivity contribution in [3.05, 3.63) is 29.3 Å². The summed E-state index contributed by atoms with van der Waals surface area (Å²) >= 11 is 0. The second-order valence-corrected chi connectivity index (χ2v) is 3.64. The lowest BCUT2D eigenvalue weighted by molar-refractivity contribution is -0.116. The van der Waals surface area contributed by atoms with Crippen LogP contribution in [0.1, 0.15) is 17.0 Å². The predicted octanol–water partition coefficient (Wildman–Crippen LogP) is 1.25. The number of anilines is 1. The van der Waals surface area contributed by atoms with E-state index in [0.717, 1.165) is 16.8 Å². The molecule has 1 unspecified atom stereocenters. The highest BCUT2D eigenvalue weighted by atomic mass is 16.2. The number of benzene rings is 1. The molecule has 1 aliphatic rings. The van der Waals surface area contributed by atoms with Crippen LogP contribution in [0.4, 0.5) is 5.69 Å². The number of carbonyl (C=O) groups is 1. The zero-order valence-corrected chi connectivity index (χ0v) is 8.42. The van der Waals surface area contributed by atoms with Gasteiger partial charge in [-0.2, -0.15) is 0 Å². The van der Waals surface area contributed by atoms with E-state index in [1.807, 2.05) is 32.2 Å². The smallest absolute Gasteiger partial charge is 0.233 e. The molecule has 14 heavy (non-hydrogen) atoms. The molecule has 0 saturated carbocycles. The van der Waals surface area contributed by atoms with Crippen molar-refractivity contribution >= 4 is 11.6 Å². The van der Waals surface area contributed by atoms with E-state index >= 15 is 0 Å². The molecule has 0 fully saturated rings. The molecule has 1 aromatic carbocycles. The number of rotatable bonds is 2. The molecule has 0 aromatic heterocycles. The average molecular weight is 190 g/mol. The van der Waals surface area contributed by atoms with E-state index in [1.54, 1.807) is 0 Å². The maximum absolute atomic E-state index is 11.6. The lowest BCUT2D eigenvalue weighted by atomic mass is 9.99. The molecule has 1 aromatic rings. The quantitative estimate of drug-likeness (QED) is 0.737. The van der Waals surface area contributed by atoms with Gasteiger partial charge < -0.3 is 10.6 Å². The van der Waals surface area contributed by atoms with Gasteiger partial charge in [0.1, 0.15) is 0 Å². The third-order valence-electron chi connectivity index (χ3n) is 2.65. The summed E-state index contributed by atoms with van der Waals surface area (Å²) in [4.78, 5) is 11.6. The van der Waals surface area contributed by atoms with Gasteiger partial charge in [-0.25, -0.2) is 0 Å². The number of aryl methyl sites for hydroxylation is 1. The highest BCUT2D eigenvalue weighted by molar-refractivity contribution is 6.03. The Balaban J connectivity index is 2.42. The fourth-order valence-corrected chi connectivity index (χ4v) is 1.91. The van der Waals surface area contributed by atoms with Crippen molar-refractivity contribution in [2.75, 3.05) is 18.9 Å². The molecule has 0 saturated heterocycles. The van der Waals surface area contributed by atoms with Crippen LogP contribution < -0.4 is 10.6 Å². The van der Waals surface area contributed by atoms with E-state index in [-0.39, 0.29) is 11.8 Å². The van der Waals surface area contributed by atoms with Crippen LogP contribution in [0.2, 0.25) is 0 Å². The Bertz CT molecular complexity index is 374. The van der Waals surface area contributed by atoms with Crippen LogP contribution in [0.15, 0.2) is 18.2 Å². The number of hydrogen-bond donors (Lipinski definition) is 2. The molecule has 2 N–H and O–H groups in total. The van der Waals surface area contributed by atoms with Crippen LogP contribution in [0.3, 0.4) is 0 Å². The summed E-state index contributed by atoms with van der Waals surface area (Å²) in [6.45, 7) is 2.71. The Morgan fingerprint density at radius 3 is 3.00 bits per heavy atom. The SMILES string of the molecule is CNCC1C(=O)Nc2c(C)cccc21. The molecule has 0 bridgehead atoms. The van der Waals surface area contributed by atoms with Gasteiger partial charge in [0.15, 0.2) is 0 Å². The lowest BCUT2D eigenvalue weighted by Crippen LogP contribution is -2.23. The molecule has 74 valence electrons. The van der Waals surface area contributed by atoms with Gasteiger partial charge in [-0.1, -0.05) is 18.2 Å². The van der Waals surface area contributed by atoms with Crippen LogP contribution in [-0.2, 0) is 4.79 Å². The van der Waals surface area contributed by atoms with Gasteiger partial charge in [-0.15, -0.1) is 0 Å². The fourth-order valence-electron chi connectivity index (χ4n) is 1.91. The number of para-hydroxylation sites is 1. The molecule has 0 aliphatic carbocycles. The Hall–Kier alpha value is -1.35. The first kappa shape index (κ1) is 9.21. The molecule has 1 heterocycles. The van der Waals surface area contributed by atoms with Gasteiger partial charge in [0, 0.05) is 12.2 Å². The molecule has 1 atom stereocenters. The van der Waals surface area contributed by atoms with Crippen molar-refractivity contribution in [3.63, 3.8) is 0 Å². The number of fused-ring (bicyclic) bond motifs is 1. The van der Waals surface area contributed by atoms with Crippen LogP contribution in [0.25, 0.3) is 0 Å². The largest absolute Gasteiger partial charge is 0.325 e. The molecule has 3 heteroatoms. The highest BCUT2D eigenvalue weighted by Crippen LogP contribution is 2.34. The topological polar surface area (TPSA) is 41.1 Å². The molecule has 0 radical (unpaired) electrons. The number of hydrogen-bond acceptors (Lipinski definition) is 2. The van der Waals surface area contributed by atoms with Crippen molar-refractivity contribution in [3.8, 4) is 0 Å². The predicted molar refractivity (Wildman–Crippen MR) is 56.5 cm³/mol. The molecule has 2 rings (SSSR count). The highest BCUT2D eigenvalue weighted by Gasteiger charge is 2.30. The first-order chi connectivity index (χ1) is 6.74. The Labute approximate surface area is 83.5 Å². The lowest BCUT2D eigenvalue weighted by Gasteiger charge is -2.07. The van der Waals surface area contributed by atoms with Gasteiger partial charge in [0.05, 0.1) is 5.92 Å². The van der Waals surface area contributed by atoms with E-state index < -0.39 is 0 Å². The average Bonchev–Trinajstić information content (AvgIpc) is 2.47. The molecule has 0 spiro atoms. The summed E-state index contributed by atoms with van der Waals surface area (Å²) in [5.41, 5.74) is 3.25. The molecule has 1 aliphatic heterocycles. The van der Waals surface area contributed by atoms with E-state index in [2.05, 4.69) is 10.6 Å². The molecular weight excluding hydrogens is 176 g/mol. The van der Waals surface area contributed by atoms with Crippen molar-refractivity contribution in [2.45, 2.75) is 12.8 Å². The minimum absolute atomic E-state index is 0.0325.